The molecule has 11 heteroatoms. The number of aryl methyl sites for hydroxylation is 1. The number of pyridine rings is 1. The number of carbonyl (C=O) groups is 2. The number of anilines is 2. The Morgan fingerprint density at radius 1 is 1.18 bits per heavy atom. The Labute approximate surface area is 236 Å². The van der Waals surface area contributed by atoms with Gasteiger partial charge in [-0.05, 0) is 51.4 Å². The van der Waals surface area contributed by atoms with Crippen LogP contribution in [-0.4, -0.2) is 74.1 Å². The second kappa shape index (κ2) is 10.8. The van der Waals surface area contributed by atoms with Crippen LogP contribution in [0.4, 0.5) is 10.8 Å². The van der Waals surface area contributed by atoms with Gasteiger partial charge in [-0.15, -0.1) is 11.3 Å². The molecule has 1 atom stereocenters. The van der Waals surface area contributed by atoms with Gasteiger partial charge in [0.25, 0.3) is 5.91 Å². The fourth-order valence-electron chi connectivity index (χ4n) is 5.14. The lowest BCUT2D eigenvalue weighted by molar-refractivity contribution is -0.125. The van der Waals surface area contributed by atoms with Gasteiger partial charge < -0.3 is 10.6 Å². The van der Waals surface area contributed by atoms with Crippen LogP contribution in [0.3, 0.4) is 0 Å². The fraction of sp³-hybridized carbons (Fsp3) is 0.345. The molecular weight excluding hydrogens is 524 g/mol. The van der Waals surface area contributed by atoms with E-state index in [1.54, 1.807) is 36.7 Å². The van der Waals surface area contributed by atoms with Gasteiger partial charge in [0.1, 0.15) is 5.69 Å². The minimum atomic E-state index is -0.221. The number of aromatic nitrogens is 4. The molecule has 1 unspecified atom stereocenters. The maximum atomic E-state index is 12.9. The number of thiazole rings is 1. The molecule has 1 saturated carbocycles. The van der Waals surface area contributed by atoms with Crippen molar-refractivity contribution in [3.8, 4) is 11.3 Å². The van der Waals surface area contributed by atoms with Crippen LogP contribution in [-0.2, 0) is 4.79 Å². The summed E-state index contributed by atoms with van der Waals surface area (Å²) < 4.78 is 1.91. The molecule has 10 nitrogen and oxygen atoms in total. The molecule has 3 N–H and O–H groups in total. The highest BCUT2D eigenvalue weighted by atomic mass is 32.1. The minimum Gasteiger partial charge on any atom is -0.398 e. The largest absolute Gasteiger partial charge is 0.398 e. The third kappa shape index (κ3) is 5.34. The molecule has 4 aromatic rings. The van der Waals surface area contributed by atoms with Gasteiger partial charge in [0.2, 0.25) is 5.91 Å². The molecule has 2 amide bonds. The lowest BCUT2D eigenvalue weighted by Gasteiger charge is -2.16. The van der Waals surface area contributed by atoms with Crippen LogP contribution in [0.5, 0.6) is 0 Å². The number of likely N-dealkylation sites (tertiary alicyclic amines) is 1. The SMILES string of the molecule is Cc1cnc(NC(=O)c2ccc(-c3nn(C4CCN(C(=O)C=CCN(C)C5CC5)C4)c4nccc(N)c34)cc2)s1. The summed E-state index contributed by atoms with van der Waals surface area (Å²) in [5, 5.41) is 9.13. The van der Waals surface area contributed by atoms with E-state index in [2.05, 4.69) is 27.2 Å². The minimum absolute atomic E-state index is 0.0103. The number of nitrogen functional groups attached to an aromatic ring is 1. The molecule has 206 valence electrons. The second-order valence-electron chi connectivity index (χ2n) is 10.5. The summed E-state index contributed by atoms with van der Waals surface area (Å²) in [6.45, 7) is 3.95. The summed E-state index contributed by atoms with van der Waals surface area (Å²) in [7, 11) is 2.10. The van der Waals surface area contributed by atoms with Crippen molar-refractivity contribution in [2.45, 2.75) is 38.3 Å². The smallest absolute Gasteiger partial charge is 0.257 e. The first kappa shape index (κ1) is 26.1. The number of fused-ring (bicyclic) bond motifs is 1. The van der Waals surface area contributed by atoms with Crippen molar-refractivity contribution in [1.82, 2.24) is 29.5 Å². The Morgan fingerprint density at radius 3 is 2.70 bits per heavy atom. The number of hydrogen-bond donors (Lipinski definition) is 2. The van der Waals surface area contributed by atoms with Crippen LogP contribution in [0.15, 0.2) is 54.9 Å². The van der Waals surface area contributed by atoms with Crippen molar-refractivity contribution >= 4 is 45.0 Å². The first-order chi connectivity index (χ1) is 19.4. The number of likely N-dealkylation sites (N-methyl/N-ethyl adjacent to an activating group) is 1. The molecule has 2 fully saturated rings. The third-order valence-corrected chi connectivity index (χ3v) is 8.36. The average Bonchev–Trinajstić information content (AvgIpc) is 3.34. The quantitative estimate of drug-likeness (QED) is 0.313. The zero-order valence-corrected chi connectivity index (χ0v) is 23.4. The number of amides is 2. The number of nitrogens with zero attached hydrogens (tertiary/aromatic N) is 6. The number of nitrogens with two attached hydrogens (primary N) is 1. The first-order valence-corrected chi connectivity index (χ1v) is 14.3. The molecule has 40 heavy (non-hydrogen) atoms. The monoisotopic (exact) mass is 556 g/mol. The molecule has 1 aromatic carbocycles. The van der Waals surface area contributed by atoms with Crippen molar-refractivity contribution in [3.63, 3.8) is 0 Å². The van der Waals surface area contributed by atoms with E-state index in [1.165, 1.54) is 24.2 Å². The number of rotatable bonds is 8. The van der Waals surface area contributed by atoms with E-state index in [-0.39, 0.29) is 17.9 Å². The lowest BCUT2D eigenvalue weighted by Crippen LogP contribution is -2.28. The summed E-state index contributed by atoms with van der Waals surface area (Å²) in [6, 6.07) is 9.70. The summed E-state index contributed by atoms with van der Waals surface area (Å²) >= 11 is 1.43. The first-order valence-electron chi connectivity index (χ1n) is 13.5. The Morgan fingerprint density at radius 2 is 1.98 bits per heavy atom. The number of nitrogens with one attached hydrogen (secondary N) is 1. The van der Waals surface area contributed by atoms with Crippen LogP contribution < -0.4 is 11.1 Å². The van der Waals surface area contributed by atoms with Gasteiger partial charge in [-0.1, -0.05) is 18.2 Å². The van der Waals surface area contributed by atoms with Gasteiger partial charge in [0.15, 0.2) is 10.8 Å². The summed E-state index contributed by atoms with van der Waals surface area (Å²) in [6.07, 6.45) is 10.3. The number of hydrogen-bond acceptors (Lipinski definition) is 8. The van der Waals surface area contributed by atoms with Crippen molar-refractivity contribution in [1.29, 1.82) is 0 Å². The van der Waals surface area contributed by atoms with Crippen LogP contribution in [0.1, 0.15) is 40.5 Å². The number of carbonyl (C=O) groups excluding carboxylic acids is 2. The van der Waals surface area contributed by atoms with Gasteiger partial charge in [0.05, 0.1) is 11.4 Å². The van der Waals surface area contributed by atoms with Gasteiger partial charge in [-0.25, -0.2) is 14.6 Å². The van der Waals surface area contributed by atoms with Crippen molar-refractivity contribution in [3.05, 3.63) is 65.3 Å². The van der Waals surface area contributed by atoms with Crippen LogP contribution >= 0.6 is 11.3 Å². The third-order valence-electron chi connectivity index (χ3n) is 7.53. The Balaban J connectivity index is 1.20. The van der Waals surface area contributed by atoms with Crippen molar-refractivity contribution < 1.29 is 9.59 Å². The highest BCUT2D eigenvalue weighted by Gasteiger charge is 2.30. The molecule has 4 heterocycles. The summed E-state index contributed by atoms with van der Waals surface area (Å²) in [5.74, 6) is -0.195. The second-order valence-corrected chi connectivity index (χ2v) is 11.7. The summed E-state index contributed by atoms with van der Waals surface area (Å²) in [4.78, 5) is 39.6. The molecule has 3 aromatic heterocycles. The van der Waals surface area contributed by atoms with E-state index >= 15 is 0 Å². The Kier molecular flexibility index (Phi) is 7.07. The van der Waals surface area contributed by atoms with Crippen molar-refractivity contribution in [2.75, 3.05) is 37.7 Å². The molecule has 2 aliphatic rings. The molecule has 0 spiro atoms. The van der Waals surface area contributed by atoms with Crippen LogP contribution in [0.25, 0.3) is 22.3 Å². The molecule has 1 saturated heterocycles. The molecular formula is C29H32N8O2S. The van der Waals surface area contributed by atoms with Crippen LogP contribution in [0, 0.1) is 6.92 Å². The standard InChI is InChI=1S/C29H32N8O2S/c1-18-16-32-29(40-18)33-28(39)20-7-5-19(6-8-20)26-25-23(30)11-13-31-27(25)37(34-26)22-12-15-36(17-22)24(38)4-3-14-35(2)21-9-10-21/h3-8,11,13,16,21-22H,9-10,12,14-15,17H2,1-2H3,(H2,30,31)(H,32,33,39). The number of benzene rings is 1. The lowest BCUT2D eigenvalue weighted by atomic mass is 10.1. The highest BCUT2D eigenvalue weighted by Crippen LogP contribution is 2.35. The molecule has 6 rings (SSSR count). The fourth-order valence-corrected chi connectivity index (χ4v) is 5.80. The van der Waals surface area contributed by atoms with E-state index in [0.29, 0.717) is 46.9 Å². The maximum Gasteiger partial charge on any atom is 0.257 e. The van der Waals surface area contributed by atoms with Gasteiger partial charge in [-0.3, -0.25) is 19.8 Å². The van der Waals surface area contributed by atoms with Crippen LogP contribution in [0.2, 0.25) is 0 Å². The Bertz CT molecular complexity index is 1590. The predicted molar refractivity (Wildman–Crippen MR) is 157 cm³/mol. The van der Waals surface area contributed by atoms with E-state index in [9.17, 15) is 9.59 Å². The normalized spacial score (nSPS) is 17.4. The van der Waals surface area contributed by atoms with Gasteiger partial charge in [0, 0.05) is 65.8 Å². The van der Waals surface area contributed by atoms with E-state index in [0.717, 1.165) is 28.8 Å². The molecule has 1 aliphatic carbocycles. The molecule has 1 aliphatic heterocycles. The van der Waals surface area contributed by atoms with E-state index in [4.69, 9.17) is 10.8 Å². The zero-order valence-electron chi connectivity index (χ0n) is 22.6. The predicted octanol–water partition coefficient (Wildman–Crippen LogP) is 4.12. The maximum absolute atomic E-state index is 12.9. The van der Waals surface area contributed by atoms with E-state index in [1.807, 2.05) is 34.7 Å². The zero-order chi connectivity index (χ0) is 27.8. The van der Waals surface area contributed by atoms with Gasteiger partial charge in [-0.2, -0.15) is 5.10 Å². The average molecular weight is 557 g/mol. The molecule has 0 radical (unpaired) electrons. The van der Waals surface area contributed by atoms with Gasteiger partial charge >= 0.3 is 0 Å². The van der Waals surface area contributed by atoms with E-state index < -0.39 is 0 Å². The summed E-state index contributed by atoms with van der Waals surface area (Å²) in [5.41, 5.74) is 9.75. The van der Waals surface area contributed by atoms with Crippen molar-refractivity contribution in [2.24, 2.45) is 0 Å². The Hall–Kier alpha value is -4.09. The highest BCUT2D eigenvalue weighted by molar-refractivity contribution is 7.15. The topological polar surface area (TPSA) is 122 Å². The molecule has 0 bridgehead atoms.